The minimum absolute atomic E-state index is 0.0958. The smallest absolute Gasteiger partial charge is 0.323 e. The van der Waals surface area contributed by atoms with Crippen molar-refractivity contribution in [3.05, 3.63) is 29.3 Å². The average molecular weight is 332 g/mol. The lowest BCUT2D eigenvalue weighted by atomic mass is 9.91. The molecule has 1 aromatic carbocycles. The van der Waals surface area contributed by atoms with Gasteiger partial charge in [0.15, 0.2) is 0 Å². The average Bonchev–Trinajstić information content (AvgIpc) is 2.42. The second-order valence-corrected chi connectivity index (χ2v) is 6.81. The SMILES string of the molecule is Cc1ccc(C)c(NC(=O)NC2(C(F)(F)F)CCSCC2)c1. The molecule has 1 fully saturated rings. The predicted octanol–water partition coefficient (Wildman–Crippen LogP) is 4.25. The molecule has 1 heterocycles. The molecular weight excluding hydrogens is 313 g/mol. The van der Waals surface area contributed by atoms with E-state index in [2.05, 4.69) is 10.6 Å². The molecule has 0 aromatic heterocycles. The van der Waals surface area contributed by atoms with Crippen molar-refractivity contribution in [2.24, 2.45) is 0 Å². The molecule has 0 saturated carbocycles. The van der Waals surface area contributed by atoms with Crippen LogP contribution in [0, 0.1) is 13.8 Å². The highest BCUT2D eigenvalue weighted by atomic mass is 32.2. The predicted molar refractivity (Wildman–Crippen MR) is 83.4 cm³/mol. The van der Waals surface area contributed by atoms with Crippen molar-refractivity contribution < 1.29 is 18.0 Å². The van der Waals surface area contributed by atoms with Crippen molar-refractivity contribution in [3.63, 3.8) is 0 Å². The highest BCUT2D eigenvalue weighted by Crippen LogP contribution is 2.40. The Labute approximate surface area is 132 Å². The molecule has 0 bridgehead atoms. The third kappa shape index (κ3) is 3.69. The second kappa shape index (κ2) is 6.40. The number of amides is 2. The second-order valence-electron chi connectivity index (χ2n) is 5.59. The highest BCUT2D eigenvalue weighted by molar-refractivity contribution is 7.99. The molecule has 2 amide bonds. The minimum Gasteiger partial charge on any atom is -0.323 e. The maximum absolute atomic E-state index is 13.4. The summed E-state index contributed by atoms with van der Waals surface area (Å²) in [7, 11) is 0. The Bertz CT molecular complexity index is 554. The lowest BCUT2D eigenvalue weighted by Gasteiger charge is -2.39. The molecule has 0 unspecified atom stereocenters. The third-order valence-electron chi connectivity index (χ3n) is 3.88. The van der Waals surface area contributed by atoms with Crippen molar-refractivity contribution >= 4 is 23.5 Å². The number of aryl methyl sites for hydroxylation is 2. The molecule has 1 aromatic rings. The molecule has 122 valence electrons. The maximum atomic E-state index is 13.4. The van der Waals surface area contributed by atoms with Gasteiger partial charge >= 0.3 is 12.2 Å². The molecule has 2 rings (SSSR count). The standard InChI is InChI=1S/C15H19F3N2OS/c1-10-3-4-11(2)12(9-10)19-13(21)20-14(15(16,17)18)5-7-22-8-6-14/h3-4,9H,5-8H2,1-2H3,(H2,19,20,21). The van der Waals surface area contributed by atoms with Gasteiger partial charge in [0.25, 0.3) is 0 Å². The van der Waals surface area contributed by atoms with Crippen LogP contribution >= 0.6 is 11.8 Å². The molecule has 22 heavy (non-hydrogen) atoms. The van der Waals surface area contributed by atoms with E-state index < -0.39 is 17.7 Å². The van der Waals surface area contributed by atoms with Gasteiger partial charge in [0.1, 0.15) is 5.54 Å². The first-order chi connectivity index (χ1) is 10.2. The molecule has 0 radical (unpaired) electrons. The molecular formula is C15H19F3N2OS. The molecule has 3 nitrogen and oxygen atoms in total. The summed E-state index contributed by atoms with van der Waals surface area (Å²) in [5.74, 6) is 0.784. The zero-order chi connectivity index (χ0) is 16.4. The highest BCUT2D eigenvalue weighted by Gasteiger charge is 2.55. The zero-order valence-corrected chi connectivity index (χ0v) is 13.3. The quantitative estimate of drug-likeness (QED) is 0.850. The normalized spacial score (nSPS) is 17.9. The van der Waals surface area contributed by atoms with Crippen LogP contribution in [0.1, 0.15) is 24.0 Å². The fourth-order valence-electron chi connectivity index (χ4n) is 2.44. The van der Waals surface area contributed by atoms with Gasteiger partial charge < -0.3 is 10.6 Å². The van der Waals surface area contributed by atoms with Gasteiger partial charge in [0.05, 0.1) is 0 Å². The fourth-order valence-corrected chi connectivity index (χ4v) is 3.63. The molecule has 0 atom stereocenters. The first-order valence-corrected chi connectivity index (χ1v) is 8.20. The zero-order valence-electron chi connectivity index (χ0n) is 12.5. The van der Waals surface area contributed by atoms with E-state index >= 15 is 0 Å². The van der Waals surface area contributed by atoms with Crippen molar-refractivity contribution in [2.75, 3.05) is 16.8 Å². The Hall–Kier alpha value is -1.37. The topological polar surface area (TPSA) is 41.1 Å². The number of carbonyl (C=O) groups is 1. The number of hydrogen-bond donors (Lipinski definition) is 2. The first kappa shape index (κ1) is 17.0. The van der Waals surface area contributed by atoms with Crippen LogP contribution in [0.4, 0.5) is 23.7 Å². The van der Waals surface area contributed by atoms with E-state index in [0.29, 0.717) is 17.2 Å². The minimum atomic E-state index is -4.45. The number of urea groups is 1. The number of rotatable bonds is 2. The van der Waals surface area contributed by atoms with Crippen LogP contribution in [0.15, 0.2) is 18.2 Å². The van der Waals surface area contributed by atoms with E-state index in [9.17, 15) is 18.0 Å². The van der Waals surface area contributed by atoms with Gasteiger partial charge in [0.2, 0.25) is 0 Å². The molecule has 1 aliphatic rings. The van der Waals surface area contributed by atoms with E-state index in [4.69, 9.17) is 0 Å². The van der Waals surface area contributed by atoms with Gasteiger partial charge in [-0.3, -0.25) is 0 Å². The van der Waals surface area contributed by atoms with E-state index in [1.807, 2.05) is 19.1 Å². The number of thioether (sulfide) groups is 1. The Morgan fingerprint density at radius 1 is 1.23 bits per heavy atom. The molecule has 0 aliphatic carbocycles. The number of halogens is 3. The maximum Gasteiger partial charge on any atom is 0.411 e. The van der Waals surface area contributed by atoms with Crippen molar-refractivity contribution in [1.29, 1.82) is 0 Å². The van der Waals surface area contributed by atoms with Gasteiger partial charge in [-0.1, -0.05) is 12.1 Å². The summed E-state index contributed by atoms with van der Waals surface area (Å²) < 4.78 is 40.2. The van der Waals surface area contributed by atoms with Gasteiger partial charge in [-0.2, -0.15) is 24.9 Å². The molecule has 1 saturated heterocycles. The van der Waals surface area contributed by atoms with E-state index in [1.54, 1.807) is 13.0 Å². The largest absolute Gasteiger partial charge is 0.411 e. The Morgan fingerprint density at radius 2 is 1.86 bits per heavy atom. The summed E-state index contributed by atoms with van der Waals surface area (Å²) in [5, 5.41) is 4.72. The Kier molecular flexibility index (Phi) is 4.94. The van der Waals surface area contributed by atoms with Gasteiger partial charge in [-0.25, -0.2) is 4.79 Å². The van der Waals surface area contributed by atoms with E-state index in [-0.39, 0.29) is 12.8 Å². The Balaban J connectivity index is 2.13. The Morgan fingerprint density at radius 3 is 2.45 bits per heavy atom. The number of nitrogens with one attached hydrogen (secondary N) is 2. The van der Waals surface area contributed by atoms with E-state index in [0.717, 1.165) is 11.1 Å². The van der Waals surface area contributed by atoms with Crippen molar-refractivity contribution in [2.45, 2.75) is 38.4 Å². The number of hydrogen-bond acceptors (Lipinski definition) is 2. The summed E-state index contributed by atoms with van der Waals surface area (Å²) in [6, 6.07) is 4.64. The van der Waals surface area contributed by atoms with Crippen LogP contribution in [-0.4, -0.2) is 29.3 Å². The van der Waals surface area contributed by atoms with Gasteiger partial charge in [-0.05, 0) is 55.4 Å². The van der Waals surface area contributed by atoms with Crippen LogP contribution < -0.4 is 10.6 Å². The van der Waals surface area contributed by atoms with Gasteiger partial charge in [0, 0.05) is 5.69 Å². The molecule has 7 heteroatoms. The third-order valence-corrected chi connectivity index (χ3v) is 4.87. The summed E-state index contributed by atoms with van der Waals surface area (Å²) in [5.41, 5.74) is 0.140. The molecule has 1 aliphatic heterocycles. The van der Waals surface area contributed by atoms with Gasteiger partial charge in [-0.15, -0.1) is 0 Å². The van der Waals surface area contributed by atoms with Crippen molar-refractivity contribution in [3.8, 4) is 0 Å². The first-order valence-electron chi connectivity index (χ1n) is 7.04. The fraction of sp³-hybridized carbons (Fsp3) is 0.533. The van der Waals surface area contributed by atoms with Crippen LogP contribution in [-0.2, 0) is 0 Å². The monoisotopic (exact) mass is 332 g/mol. The molecule has 2 N–H and O–H groups in total. The molecule has 0 spiro atoms. The number of carbonyl (C=O) groups excluding carboxylic acids is 1. The summed E-state index contributed by atoms with van der Waals surface area (Å²) in [6.45, 7) is 3.66. The lowest BCUT2D eigenvalue weighted by molar-refractivity contribution is -0.195. The van der Waals surface area contributed by atoms with Crippen LogP contribution in [0.25, 0.3) is 0 Å². The van der Waals surface area contributed by atoms with Crippen LogP contribution in [0.5, 0.6) is 0 Å². The van der Waals surface area contributed by atoms with Crippen LogP contribution in [0.2, 0.25) is 0 Å². The summed E-state index contributed by atoms with van der Waals surface area (Å²) >= 11 is 1.48. The van der Waals surface area contributed by atoms with E-state index in [1.165, 1.54) is 11.8 Å². The number of alkyl halides is 3. The number of anilines is 1. The van der Waals surface area contributed by atoms with Crippen LogP contribution in [0.3, 0.4) is 0 Å². The van der Waals surface area contributed by atoms with Crippen molar-refractivity contribution in [1.82, 2.24) is 5.32 Å². The summed E-state index contributed by atoms with van der Waals surface area (Å²) in [4.78, 5) is 12.1. The summed E-state index contributed by atoms with van der Waals surface area (Å²) in [6.07, 6.45) is -4.64. The number of benzene rings is 1. The lowest BCUT2D eigenvalue weighted by Crippen LogP contribution is -2.61.